The van der Waals surface area contributed by atoms with Crippen LogP contribution in [0.5, 0.6) is 0 Å². The molecule has 0 N–H and O–H groups in total. The highest BCUT2D eigenvalue weighted by molar-refractivity contribution is 7.17. The average Bonchev–Trinajstić information content (AvgIpc) is 2.50. The molecule has 1 nitrogen and oxygen atoms in total. The van der Waals surface area contributed by atoms with Gasteiger partial charge in [-0.2, -0.15) is 5.26 Å². The topological polar surface area (TPSA) is 23.8 Å². The number of nitriles is 1. The molecule has 1 heterocycles. The van der Waals surface area contributed by atoms with Gasteiger partial charge in [-0.3, -0.25) is 0 Å². The number of benzene rings is 1. The van der Waals surface area contributed by atoms with Crippen LogP contribution in [0.25, 0.3) is 10.1 Å². The van der Waals surface area contributed by atoms with Gasteiger partial charge in [0.05, 0.1) is 10.3 Å². The zero-order valence-corrected chi connectivity index (χ0v) is 6.86. The van der Waals surface area contributed by atoms with Gasteiger partial charge in [0.25, 0.3) is 0 Å². The van der Waals surface area contributed by atoms with Crippen LogP contribution < -0.4 is 0 Å². The summed E-state index contributed by atoms with van der Waals surface area (Å²) < 4.78 is 13.7. The number of rotatable bonds is 0. The van der Waals surface area contributed by atoms with E-state index in [0.717, 1.165) is 10.1 Å². The van der Waals surface area contributed by atoms with Crippen molar-refractivity contribution in [1.82, 2.24) is 0 Å². The van der Waals surface area contributed by atoms with Gasteiger partial charge in [-0.1, -0.05) is 0 Å². The number of fused-ring (bicyclic) bond motifs is 1. The number of hydrogen-bond acceptors (Lipinski definition) is 2. The lowest BCUT2D eigenvalue weighted by molar-refractivity contribution is 0.629. The molecule has 0 aliphatic carbocycles. The molecule has 0 fully saturated rings. The fourth-order valence-electron chi connectivity index (χ4n) is 1.13. The zero-order chi connectivity index (χ0) is 8.55. The Kier molecular flexibility index (Phi) is 1.56. The molecular weight excluding hydrogens is 173 g/mol. The van der Waals surface area contributed by atoms with Crippen LogP contribution in [-0.2, 0) is 0 Å². The fourth-order valence-corrected chi connectivity index (χ4v) is 1.97. The number of halogens is 1. The maximum Gasteiger partial charge on any atom is 0.125 e. The molecular formula is C9H4FNS. The highest BCUT2D eigenvalue weighted by Gasteiger charge is 2.03. The minimum absolute atomic E-state index is 0.350. The second-order valence-corrected chi connectivity index (χ2v) is 3.32. The van der Waals surface area contributed by atoms with E-state index in [0.29, 0.717) is 5.56 Å². The van der Waals surface area contributed by atoms with Gasteiger partial charge < -0.3 is 0 Å². The van der Waals surface area contributed by atoms with E-state index in [1.165, 1.54) is 23.5 Å². The van der Waals surface area contributed by atoms with Crippen LogP contribution in [0.3, 0.4) is 0 Å². The third-order valence-electron chi connectivity index (χ3n) is 1.64. The van der Waals surface area contributed by atoms with E-state index in [-0.39, 0.29) is 5.82 Å². The van der Waals surface area contributed by atoms with Crippen LogP contribution >= 0.6 is 11.3 Å². The summed E-state index contributed by atoms with van der Waals surface area (Å²) in [5.41, 5.74) is 0.417. The van der Waals surface area contributed by atoms with Crippen LogP contribution in [0, 0.1) is 17.1 Å². The van der Waals surface area contributed by atoms with E-state index in [9.17, 15) is 4.39 Å². The molecule has 0 unspecified atom stereocenters. The number of thiophene rings is 1. The monoisotopic (exact) mass is 177 g/mol. The largest absolute Gasteiger partial charge is 0.207 e. The predicted molar refractivity (Wildman–Crippen MR) is 46.5 cm³/mol. The normalized spacial score (nSPS) is 10.0. The van der Waals surface area contributed by atoms with Crippen molar-refractivity contribution in [3.63, 3.8) is 0 Å². The average molecular weight is 177 g/mol. The maximum atomic E-state index is 12.8. The Bertz CT molecular complexity index is 467. The van der Waals surface area contributed by atoms with Crippen molar-refractivity contribution >= 4 is 21.4 Å². The van der Waals surface area contributed by atoms with Crippen LogP contribution in [-0.4, -0.2) is 0 Å². The Labute approximate surface area is 72.7 Å². The first kappa shape index (κ1) is 7.26. The quantitative estimate of drug-likeness (QED) is 0.607. The third kappa shape index (κ3) is 0.973. The number of nitrogens with zero attached hydrogens (tertiary/aromatic N) is 1. The van der Waals surface area contributed by atoms with E-state index in [2.05, 4.69) is 0 Å². The van der Waals surface area contributed by atoms with Crippen molar-refractivity contribution < 1.29 is 4.39 Å². The molecule has 1 aromatic heterocycles. The molecule has 1 aromatic carbocycles. The molecule has 2 rings (SSSR count). The third-order valence-corrected chi connectivity index (χ3v) is 2.60. The molecule has 0 saturated heterocycles. The summed E-state index contributed by atoms with van der Waals surface area (Å²) in [5.74, 6) is -0.350. The Hall–Kier alpha value is -1.40. The fraction of sp³-hybridized carbons (Fsp3) is 0. The number of hydrogen-bond donors (Lipinski definition) is 0. The van der Waals surface area contributed by atoms with Crippen molar-refractivity contribution in [1.29, 1.82) is 5.26 Å². The standard InChI is InChI=1S/C9H4FNS/c10-8-3-6-1-2-12-9(6)7(4-8)5-11/h1-4H. The van der Waals surface area contributed by atoms with Crippen LogP contribution in [0.15, 0.2) is 23.6 Å². The summed E-state index contributed by atoms with van der Waals surface area (Å²) in [6, 6.07) is 6.48. The molecule has 3 heteroatoms. The lowest BCUT2D eigenvalue weighted by Crippen LogP contribution is -1.78. The molecule has 0 aliphatic rings. The van der Waals surface area contributed by atoms with Gasteiger partial charge in [-0.05, 0) is 29.0 Å². The first-order chi connectivity index (χ1) is 5.81. The first-order valence-electron chi connectivity index (χ1n) is 3.38. The minimum atomic E-state index is -0.350. The van der Waals surface area contributed by atoms with Crippen molar-refractivity contribution in [3.05, 3.63) is 35.0 Å². The Morgan fingerprint density at radius 1 is 1.42 bits per heavy atom. The van der Waals surface area contributed by atoms with Gasteiger partial charge >= 0.3 is 0 Å². The predicted octanol–water partition coefficient (Wildman–Crippen LogP) is 2.91. The minimum Gasteiger partial charge on any atom is -0.207 e. The van der Waals surface area contributed by atoms with E-state index in [1.54, 1.807) is 0 Å². The lowest BCUT2D eigenvalue weighted by Gasteiger charge is -1.92. The van der Waals surface area contributed by atoms with E-state index < -0.39 is 0 Å². The van der Waals surface area contributed by atoms with E-state index in [4.69, 9.17) is 5.26 Å². The summed E-state index contributed by atoms with van der Waals surface area (Å²) in [4.78, 5) is 0. The van der Waals surface area contributed by atoms with Gasteiger partial charge in [-0.25, -0.2) is 4.39 Å². The van der Waals surface area contributed by atoms with Crippen molar-refractivity contribution in [3.8, 4) is 6.07 Å². The Balaban J connectivity index is 2.91. The molecule has 0 bridgehead atoms. The van der Waals surface area contributed by atoms with Gasteiger partial charge in [0.15, 0.2) is 0 Å². The molecule has 0 atom stereocenters. The molecule has 12 heavy (non-hydrogen) atoms. The van der Waals surface area contributed by atoms with E-state index in [1.807, 2.05) is 17.5 Å². The molecule has 58 valence electrons. The second-order valence-electron chi connectivity index (χ2n) is 2.40. The lowest BCUT2D eigenvalue weighted by atomic mass is 10.2. The molecule has 0 radical (unpaired) electrons. The Morgan fingerprint density at radius 3 is 3.00 bits per heavy atom. The van der Waals surface area contributed by atoms with Crippen molar-refractivity contribution in [2.75, 3.05) is 0 Å². The summed E-state index contributed by atoms with van der Waals surface area (Å²) in [6.45, 7) is 0. The highest BCUT2D eigenvalue weighted by Crippen LogP contribution is 2.25. The maximum absolute atomic E-state index is 12.8. The van der Waals surface area contributed by atoms with Crippen LogP contribution in [0.1, 0.15) is 5.56 Å². The first-order valence-corrected chi connectivity index (χ1v) is 4.26. The summed E-state index contributed by atoms with van der Waals surface area (Å²) in [5, 5.41) is 11.3. The van der Waals surface area contributed by atoms with Gasteiger partial charge in [0.1, 0.15) is 11.9 Å². The molecule has 2 aromatic rings. The molecule has 0 aliphatic heterocycles. The molecule has 0 spiro atoms. The SMILES string of the molecule is N#Cc1cc(F)cc2ccsc12. The Morgan fingerprint density at radius 2 is 2.25 bits per heavy atom. The summed E-state index contributed by atoms with van der Waals surface area (Å²) in [7, 11) is 0. The van der Waals surface area contributed by atoms with Crippen molar-refractivity contribution in [2.45, 2.75) is 0 Å². The van der Waals surface area contributed by atoms with Gasteiger partial charge in [0.2, 0.25) is 0 Å². The molecule has 0 amide bonds. The zero-order valence-electron chi connectivity index (χ0n) is 6.04. The van der Waals surface area contributed by atoms with E-state index >= 15 is 0 Å². The summed E-state index contributed by atoms with van der Waals surface area (Å²) in [6.07, 6.45) is 0. The summed E-state index contributed by atoms with van der Waals surface area (Å²) >= 11 is 1.46. The van der Waals surface area contributed by atoms with Crippen LogP contribution in [0.2, 0.25) is 0 Å². The van der Waals surface area contributed by atoms with Crippen molar-refractivity contribution in [2.24, 2.45) is 0 Å². The van der Waals surface area contributed by atoms with Gasteiger partial charge in [-0.15, -0.1) is 11.3 Å². The highest BCUT2D eigenvalue weighted by atomic mass is 32.1. The second kappa shape index (κ2) is 2.58. The molecule has 0 saturated carbocycles. The van der Waals surface area contributed by atoms with Gasteiger partial charge in [0, 0.05) is 0 Å². The smallest absolute Gasteiger partial charge is 0.125 e. The van der Waals surface area contributed by atoms with Crippen LogP contribution in [0.4, 0.5) is 4.39 Å².